The molecule has 0 saturated heterocycles. The van der Waals surface area contributed by atoms with Crippen molar-refractivity contribution in [2.24, 2.45) is 10.4 Å². The predicted octanol–water partition coefficient (Wildman–Crippen LogP) is 6.25. The quantitative estimate of drug-likeness (QED) is 0.595. The van der Waals surface area contributed by atoms with Crippen molar-refractivity contribution >= 4 is 11.7 Å². The van der Waals surface area contributed by atoms with Crippen LogP contribution in [0.3, 0.4) is 0 Å². The first-order valence-corrected chi connectivity index (χ1v) is 10.3. The maximum Gasteiger partial charge on any atom is 0.207 e. The molecule has 3 heteroatoms. The lowest BCUT2D eigenvalue weighted by Crippen LogP contribution is -2.41. The Hall–Kier alpha value is -2.55. The van der Waals surface area contributed by atoms with Gasteiger partial charge in [-0.1, -0.05) is 74.9 Å². The number of rotatable bonds is 6. The second-order valence-corrected chi connectivity index (χ2v) is 8.21. The van der Waals surface area contributed by atoms with E-state index in [1.165, 1.54) is 43.4 Å². The highest BCUT2D eigenvalue weighted by Crippen LogP contribution is 2.45. The van der Waals surface area contributed by atoms with Crippen LogP contribution in [0.2, 0.25) is 0 Å². The standard InChI is InChI=1S/C25H33N3/c1-19(2)25(15-10-7-11-16-25)17-14-23-18-20(3)28(5)24(27-23)26-21(4)22-12-8-6-9-13-22/h6,8-9,12-13,18H,1,3-4,7,10-11,14-17H2,2,5H3,(H,26,27). The fourth-order valence-corrected chi connectivity index (χ4v) is 4.25. The topological polar surface area (TPSA) is 27.6 Å². The van der Waals surface area contributed by atoms with Gasteiger partial charge in [0.1, 0.15) is 0 Å². The van der Waals surface area contributed by atoms with Crippen LogP contribution in [-0.2, 0) is 0 Å². The van der Waals surface area contributed by atoms with Crippen LogP contribution in [0, 0.1) is 5.41 Å². The molecule has 1 aromatic carbocycles. The first kappa shape index (κ1) is 20.2. The molecule has 1 aliphatic heterocycles. The zero-order valence-electron chi connectivity index (χ0n) is 17.4. The van der Waals surface area contributed by atoms with Gasteiger partial charge in [0.05, 0.1) is 5.70 Å². The van der Waals surface area contributed by atoms with Gasteiger partial charge in [-0.15, -0.1) is 0 Å². The van der Waals surface area contributed by atoms with E-state index in [-0.39, 0.29) is 5.41 Å². The molecule has 0 aromatic heterocycles. The lowest BCUT2D eigenvalue weighted by Gasteiger charge is -2.39. The van der Waals surface area contributed by atoms with Gasteiger partial charge in [-0.3, -0.25) is 0 Å². The minimum Gasteiger partial charge on any atom is -0.329 e. The number of allylic oxidation sites excluding steroid dienone is 3. The highest BCUT2D eigenvalue weighted by atomic mass is 15.3. The van der Waals surface area contributed by atoms with Crippen molar-refractivity contribution in [3.05, 3.63) is 78.7 Å². The van der Waals surface area contributed by atoms with Crippen LogP contribution in [0.1, 0.15) is 57.4 Å². The van der Waals surface area contributed by atoms with Crippen molar-refractivity contribution in [1.29, 1.82) is 0 Å². The van der Waals surface area contributed by atoms with Crippen LogP contribution in [0.4, 0.5) is 0 Å². The summed E-state index contributed by atoms with van der Waals surface area (Å²) in [5.74, 6) is 0.782. The van der Waals surface area contributed by atoms with Gasteiger partial charge in [-0.2, -0.15) is 0 Å². The summed E-state index contributed by atoms with van der Waals surface area (Å²) < 4.78 is 0. The average Bonchev–Trinajstić information content (AvgIpc) is 2.71. The highest BCUT2D eigenvalue weighted by Gasteiger charge is 2.33. The summed E-state index contributed by atoms with van der Waals surface area (Å²) in [6.07, 6.45) is 10.8. The molecule has 28 heavy (non-hydrogen) atoms. The SMILES string of the molecule is C=C(N=C1NC(CCC2(C(=C)C)CCCCC2)=CC(=C)N1C)c1ccccc1. The molecule has 1 saturated carbocycles. The molecular formula is C25H33N3. The van der Waals surface area contributed by atoms with E-state index in [0.717, 1.165) is 35.8 Å². The van der Waals surface area contributed by atoms with Crippen LogP contribution in [0.15, 0.2) is 78.1 Å². The van der Waals surface area contributed by atoms with E-state index < -0.39 is 0 Å². The van der Waals surface area contributed by atoms with Gasteiger partial charge in [-0.25, -0.2) is 4.99 Å². The van der Waals surface area contributed by atoms with Gasteiger partial charge in [0.15, 0.2) is 0 Å². The first-order valence-electron chi connectivity index (χ1n) is 10.3. The van der Waals surface area contributed by atoms with Gasteiger partial charge in [0, 0.05) is 18.4 Å². The second kappa shape index (κ2) is 8.64. The lowest BCUT2D eigenvalue weighted by molar-refractivity contribution is 0.221. The van der Waals surface area contributed by atoms with Gasteiger partial charge in [0.2, 0.25) is 5.96 Å². The molecule has 1 aromatic rings. The normalized spacial score (nSPS) is 20.5. The summed E-state index contributed by atoms with van der Waals surface area (Å²) in [6, 6.07) is 10.1. The number of guanidine groups is 1. The Bertz CT molecular complexity index is 807. The molecule has 1 N–H and O–H groups in total. The molecular weight excluding hydrogens is 342 g/mol. The van der Waals surface area contributed by atoms with Gasteiger partial charge in [0.25, 0.3) is 0 Å². The Balaban J connectivity index is 1.73. The summed E-state index contributed by atoms with van der Waals surface area (Å²) >= 11 is 0. The highest BCUT2D eigenvalue weighted by molar-refractivity contribution is 5.89. The molecule has 0 amide bonds. The Labute approximate surface area is 170 Å². The fraction of sp³-hybridized carbons (Fsp3) is 0.400. The fourth-order valence-electron chi connectivity index (χ4n) is 4.25. The number of benzene rings is 1. The van der Waals surface area contributed by atoms with Crippen LogP contribution in [0.5, 0.6) is 0 Å². The third-order valence-corrected chi connectivity index (χ3v) is 6.30. The molecule has 1 fully saturated rings. The van der Waals surface area contributed by atoms with Crippen molar-refractivity contribution in [1.82, 2.24) is 10.2 Å². The Morgan fingerprint density at radius 3 is 2.46 bits per heavy atom. The molecule has 3 rings (SSSR count). The molecule has 0 bridgehead atoms. The molecule has 148 valence electrons. The Morgan fingerprint density at radius 2 is 1.82 bits per heavy atom. The van der Waals surface area contributed by atoms with Crippen LogP contribution >= 0.6 is 0 Å². The minimum atomic E-state index is 0.288. The molecule has 1 heterocycles. The molecule has 2 aliphatic rings. The van der Waals surface area contributed by atoms with E-state index in [4.69, 9.17) is 4.99 Å². The first-order chi connectivity index (χ1) is 13.4. The molecule has 0 spiro atoms. The van der Waals surface area contributed by atoms with E-state index in [1.807, 2.05) is 42.3 Å². The predicted molar refractivity (Wildman–Crippen MR) is 121 cm³/mol. The molecule has 0 radical (unpaired) electrons. The second-order valence-electron chi connectivity index (χ2n) is 8.21. The summed E-state index contributed by atoms with van der Waals surface area (Å²) in [7, 11) is 1.98. The zero-order chi connectivity index (χ0) is 20.1. The summed E-state index contributed by atoms with van der Waals surface area (Å²) in [5, 5.41) is 3.52. The number of likely N-dealkylation sites (N-methyl/N-ethyl adjacent to an activating group) is 1. The summed E-state index contributed by atoms with van der Waals surface area (Å²) in [6.45, 7) is 14.9. The Morgan fingerprint density at radius 1 is 1.14 bits per heavy atom. The van der Waals surface area contributed by atoms with E-state index in [0.29, 0.717) is 0 Å². The van der Waals surface area contributed by atoms with E-state index in [2.05, 4.69) is 38.1 Å². The van der Waals surface area contributed by atoms with Crippen molar-refractivity contribution in [3.8, 4) is 0 Å². The molecule has 3 nitrogen and oxygen atoms in total. The van der Waals surface area contributed by atoms with Gasteiger partial charge in [-0.05, 0) is 49.7 Å². The number of hydrogen-bond acceptors (Lipinski definition) is 1. The molecule has 1 aliphatic carbocycles. The van der Waals surface area contributed by atoms with Crippen molar-refractivity contribution in [2.45, 2.75) is 51.9 Å². The lowest BCUT2D eigenvalue weighted by atomic mass is 9.67. The van der Waals surface area contributed by atoms with E-state index in [9.17, 15) is 0 Å². The van der Waals surface area contributed by atoms with Crippen LogP contribution < -0.4 is 5.32 Å². The summed E-state index contributed by atoms with van der Waals surface area (Å²) in [4.78, 5) is 6.73. The van der Waals surface area contributed by atoms with E-state index in [1.54, 1.807) is 0 Å². The third kappa shape index (κ3) is 4.46. The van der Waals surface area contributed by atoms with Crippen molar-refractivity contribution < 1.29 is 0 Å². The maximum absolute atomic E-state index is 4.75. The maximum atomic E-state index is 4.75. The monoisotopic (exact) mass is 375 g/mol. The smallest absolute Gasteiger partial charge is 0.207 e. The molecule has 0 atom stereocenters. The minimum absolute atomic E-state index is 0.288. The number of hydrogen-bond donors (Lipinski definition) is 1. The van der Waals surface area contributed by atoms with Crippen molar-refractivity contribution in [2.75, 3.05) is 7.05 Å². The Kier molecular flexibility index (Phi) is 6.23. The van der Waals surface area contributed by atoms with E-state index >= 15 is 0 Å². The summed E-state index contributed by atoms with van der Waals surface area (Å²) in [5.41, 5.74) is 5.52. The van der Waals surface area contributed by atoms with Gasteiger partial charge < -0.3 is 10.2 Å². The number of nitrogens with one attached hydrogen (secondary N) is 1. The molecule has 0 unspecified atom stereocenters. The zero-order valence-corrected chi connectivity index (χ0v) is 17.4. The largest absolute Gasteiger partial charge is 0.329 e. The van der Waals surface area contributed by atoms with Crippen LogP contribution in [0.25, 0.3) is 5.70 Å². The number of nitrogens with zero attached hydrogens (tertiary/aromatic N) is 2. The average molecular weight is 376 g/mol. The number of aliphatic imine (C=N–C) groups is 1. The van der Waals surface area contributed by atoms with Crippen molar-refractivity contribution in [3.63, 3.8) is 0 Å². The third-order valence-electron chi connectivity index (χ3n) is 6.30. The van der Waals surface area contributed by atoms with Gasteiger partial charge >= 0.3 is 0 Å². The van der Waals surface area contributed by atoms with Crippen LogP contribution in [-0.4, -0.2) is 17.9 Å².